The minimum absolute atomic E-state index is 0.233. The van der Waals surface area contributed by atoms with E-state index in [1.54, 1.807) is 7.11 Å². The Bertz CT molecular complexity index is 478. The molecule has 1 nitrogen and oxygen atoms in total. The summed E-state index contributed by atoms with van der Waals surface area (Å²) in [5, 5.41) is 0. The molecule has 2 rings (SSSR count). The number of rotatable bonds is 5. The van der Waals surface area contributed by atoms with Crippen LogP contribution in [0, 0.1) is 5.92 Å². The van der Waals surface area contributed by atoms with E-state index in [1.807, 2.05) is 12.1 Å². The fraction of sp³-hybridized carbons (Fsp3) is 0.412. The molecule has 2 atom stereocenters. The summed E-state index contributed by atoms with van der Waals surface area (Å²) < 4.78 is 18.2. The van der Waals surface area contributed by atoms with Crippen molar-refractivity contribution in [2.45, 2.75) is 31.6 Å². The van der Waals surface area contributed by atoms with Crippen molar-refractivity contribution in [3.8, 4) is 5.75 Å². The molecular weight excluding hydrogens is 239 g/mol. The summed E-state index contributed by atoms with van der Waals surface area (Å²) >= 11 is 0. The SMILES string of the molecule is C=C[C@H]1CCc2cc(OC)ccc2[C@@H]1CCC(=C)F. The molecule has 1 aliphatic carbocycles. The van der Waals surface area contributed by atoms with Gasteiger partial charge in [-0.25, -0.2) is 4.39 Å². The van der Waals surface area contributed by atoms with E-state index in [9.17, 15) is 4.39 Å². The second-order valence-corrected chi connectivity index (χ2v) is 5.17. The summed E-state index contributed by atoms with van der Waals surface area (Å²) in [6, 6.07) is 6.21. The van der Waals surface area contributed by atoms with Crippen LogP contribution in [0.4, 0.5) is 4.39 Å². The minimum atomic E-state index is -0.233. The zero-order valence-electron chi connectivity index (χ0n) is 11.5. The van der Waals surface area contributed by atoms with E-state index in [4.69, 9.17) is 4.74 Å². The van der Waals surface area contributed by atoms with Crippen LogP contribution in [0.15, 0.2) is 43.3 Å². The largest absolute Gasteiger partial charge is 0.497 e. The molecule has 102 valence electrons. The summed E-state index contributed by atoms with van der Waals surface area (Å²) in [5.74, 6) is 1.44. The molecule has 19 heavy (non-hydrogen) atoms. The first-order valence-electron chi connectivity index (χ1n) is 6.78. The number of hydrogen-bond donors (Lipinski definition) is 0. The molecular formula is C17H21FO. The second kappa shape index (κ2) is 6.05. The van der Waals surface area contributed by atoms with Gasteiger partial charge in [-0.3, -0.25) is 0 Å². The lowest BCUT2D eigenvalue weighted by Gasteiger charge is -2.32. The average molecular weight is 260 g/mol. The number of allylic oxidation sites excluding steroid dienone is 2. The summed E-state index contributed by atoms with van der Waals surface area (Å²) in [5.41, 5.74) is 2.64. The Morgan fingerprint density at radius 1 is 1.53 bits per heavy atom. The third-order valence-corrected chi connectivity index (χ3v) is 4.04. The second-order valence-electron chi connectivity index (χ2n) is 5.17. The number of halogens is 1. The summed E-state index contributed by atoms with van der Waals surface area (Å²) in [7, 11) is 1.68. The zero-order chi connectivity index (χ0) is 13.8. The van der Waals surface area contributed by atoms with E-state index >= 15 is 0 Å². The van der Waals surface area contributed by atoms with Gasteiger partial charge in [0, 0.05) is 0 Å². The van der Waals surface area contributed by atoms with Gasteiger partial charge in [-0.2, -0.15) is 0 Å². The molecule has 2 heteroatoms. The molecule has 0 saturated heterocycles. The molecule has 0 fully saturated rings. The minimum Gasteiger partial charge on any atom is -0.497 e. The van der Waals surface area contributed by atoms with Gasteiger partial charge in [0.1, 0.15) is 5.75 Å². The number of ether oxygens (including phenoxy) is 1. The predicted molar refractivity (Wildman–Crippen MR) is 77.2 cm³/mol. The molecule has 0 bridgehead atoms. The molecule has 1 aliphatic rings. The number of methoxy groups -OCH3 is 1. The van der Waals surface area contributed by atoms with Gasteiger partial charge in [0.25, 0.3) is 0 Å². The molecule has 0 saturated carbocycles. The normalized spacial score (nSPS) is 21.6. The number of aryl methyl sites for hydroxylation is 1. The maximum atomic E-state index is 12.9. The van der Waals surface area contributed by atoms with Crippen LogP contribution in [0.1, 0.15) is 36.3 Å². The molecule has 0 unspecified atom stereocenters. The maximum Gasteiger partial charge on any atom is 0.119 e. The van der Waals surface area contributed by atoms with Crippen LogP contribution in [0.25, 0.3) is 0 Å². The molecule has 0 aromatic heterocycles. The molecule has 0 radical (unpaired) electrons. The Hall–Kier alpha value is -1.57. The molecule has 0 spiro atoms. The third-order valence-electron chi connectivity index (χ3n) is 4.04. The topological polar surface area (TPSA) is 9.23 Å². The van der Waals surface area contributed by atoms with Gasteiger partial charge < -0.3 is 4.74 Å². The molecule has 1 aromatic carbocycles. The van der Waals surface area contributed by atoms with E-state index in [2.05, 4.69) is 25.3 Å². The van der Waals surface area contributed by atoms with Crippen molar-refractivity contribution < 1.29 is 9.13 Å². The van der Waals surface area contributed by atoms with Gasteiger partial charge in [-0.15, -0.1) is 6.58 Å². The van der Waals surface area contributed by atoms with E-state index in [0.29, 0.717) is 18.3 Å². The highest BCUT2D eigenvalue weighted by atomic mass is 19.1. The molecule has 0 amide bonds. The molecule has 1 aromatic rings. The van der Waals surface area contributed by atoms with Crippen molar-refractivity contribution in [3.63, 3.8) is 0 Å². The highest BCUT2D eigenvalue weighted by Gasteiger charge is 2.27. The number of hydrogen-bond acceptors (Lipinski definition) is 1. The smallest absolute Gasteiger partial charge is 0.119 e. The van der Waals surface area contributed by atoms with Crippen molar-refractivity contribution in [3.05, 3.63) is 54.4 Å². The predicted octanol–water partition coefficient (Wildman–Crippen LogP) is 4.79. The number of benzene rings is 1. The Morgan fingerprint density at radius 3 is 2.95 bits per heavy atom. The van der Waals surface area contributed by atoms with Crippen molar-refractivity contribution in [2.24, 2.45) is 5.92 Å². The van der Waals surface area contributed by atoms with Gasteiger partial charge in [-0.1, -0.05) is 18.7 Å². The Morgan fingerprint density at radius 2 is 2.32 bits per heavy atom. The average Bonchev–Trinajstić information content (AvgIpc) is 2.43. The summed E-state index contributed by atoms with van der Waals surface area (Å²) in [6.07, 6.45) is 5.36. The molecule has 0 N–H and O–H groups in total. The lowest BCUT2D eigenvalue weighted by Crippen LogP contribution is -2.19. The van der Waals surface area contributed by atoms with Crippen LogP contribution >= 0.6 is 0 Å². The van der Waals surface area contributed by atoms with E-state index in [1.165, 1.54) is 11.1 Å². The summed E-state index contributed by atoms with van der Waals surface area (Å²) in [6.45, 7) is 7.29. The first kappa shape index (κ1) is 13.9. The monoisotopic (exact) mass is 260 g/mol. The fourth-order valence-electron chi connectivity index (χ4n) is 3.01. The standard InChI is InChI=1S/C17H21FO/c1-4-13-6-7-14-11-15(19-3)8-10-17(14)16(13)9-5-12(2)18/h4,8,10-11,13,16H,1-2,5-7,9H2,3H3/t13-,16+/m0/s1. The van der Waals surface area contributed by atoms with E-state index in [-0.39, 0.29) is 5.83 Å². The van der Waals surface area contributed by atoms with Crippen LogP contribution in [0.3, 0.4) is 0 Å². The van der Waals surface area contributed by atoms with Crippen LogP contribution < -0.4 is 4.74 Å². The van der Waals surface area contributed by atoms with Gasteiger partial charge in [0.15, 0.2) is 0 Å². The van der Waals surface area contributed by atoms with E-state index < -0.39 is 0 Å². The Kier molecular flexibility index (Phi) is 4.41. The van der Waals surface area contributed by atoms with Gasteiger partial charge in [0.2, 0.25) is 0 Å². The molecule has 0 heterocycles. The summed E-state index contributed by atoms with van der Waals surface area (Å²) in [4.78, 5) is 0. The van der Waals surface area contributed by atoms with Gasteiger partial charge >= 0.3 is 0 Å². The third kappa shape index (κ3) is 3.06. The quantitative estimate of drug-likeness (QED) is 0.692. The fourth-order valence-corrected chi connectivity index (χ4v) is 3.01. The van der Waals surface area contributed by atoms with Crippen LogP contribution in [-0.4, -0.2) is 7.11 Å². The lowest BCUT2D eigenvalue weighted by molar-refractivity contribution is 0.398. The van der Waals surface area contributed by atoms with Crippen molar-refractivity contribution in [1.29, 1.82) is 0 Å². The van der Waals surface area contributed by atoms with E-state index in [0.717, 1.165) is 25.0 Å². The van der Waals surface area contributed by atoms with Crippen LogP contribution in [0.2, 0.25) is 0 Å². The van der Waals surface area contributed by atoms with Crippen LogP contribution in [-0.2, 0) is 6.42 Å². The highest BCUT2D eigenvalue weighted by molar-refractivity contribution is 5.40. The van der Waals surface area contributed by atoms with Crippen LogP contribution in [0.5, 0.6) is 5.75 Å². The Labute approximate surface area is 114 Å². The molecule has 0 aliphatic heterocycles. The zero-order valence-corrected chi connectivity index (χ0v) is 11.5. The first-order chi connectivity index (χ1) is 9.15. The van der Waals surface area contributed by atoms with Crippen molar-refractivity contribution in [2.75, 3.05) is 7.11 Å². The van der Waals surface area contributed by atoms with Crippen molar-refractivity contribution in [1.82, 2.24) is 0 Å². The van der Waals surface area contributed by atoms with Gasteiger partial charge in [-0.05, 0) is 60.8 Å². The Balaban J connectivity index is 2.28. The first-order valence-corrected chi connectivity index (χ1v) is 6.78. The van der Waals surface area contributed by atoms with Crippen molar-refractivity contribution >= 4 is 0 Å². The lowest BCUT2D eigenvalue weighted by atomic mass is 9.73. The highest BCUT2D eigenvalue weighted by Crippen LogP contribution is 2.41. The maximum absolute atomic E-state index is 12.9. The van der Waals surface area contributed by atoms with Gasteiger partial charge in [0.05, 0.1) is 12.9 Å². The number of fused-ring (bicyclic) bond motifs is 1.